The zero-order valence-corrected chi connectivity index (χ0v) is 19.7. The zero-order chi connectivity index (χ0) is 28.6. The minimum atomic E-state index is -5.20. The smallest absolute Gasteiger partial charge is 0.416 e. The third-order valence-corrected chi connectivity index (χ3v) is 5.86. The van der Waals surface area contributed by atoms with E-state index >= 15 is 0 Å². The Morgan fingerprint density at radius 2 is 1.47 bits per heavy atom. The summed E-state index contributed by atoms with van der Waals surface area (Å²) in [7, 11) is 0. The number of hydrogen-bond donors (Lipinski definition) is 0. The van der Waals surface area contributed by atoms with Crippen molar-refractivity contribution in [2.24, 2.45) is 0 Å². The van der Waals surface area contributed by atoms with Crippen molar-refractivity contribution >= 4 is 17.4 Å². The lowest BCUT2D eigenvalue weighted by Gasteiger charge is -2.36. The number of ether oxygens (including phenoxy) is 1. The van der Waals surface area contributed by atoms with Crippen LogP contribution in [0.25, 0.3) is 5.57 Å². The number of rotatable bonds is 4. The highest BCUT2D eigenvalue weighted by atomic mass is 19.4. The van der Waals surface area contributed by atoms with Crippen LogP contribution in [0.15, 0.2) is 42.5 Å². The van der Waals surface area contributed by atoms with Gasteiger partial charge in [0.1, 0.15) is 0 Å². The van der Waals surface area contributed by atoms with Gasteiger partial charge in [-0.05, 0) is 60.9 Å². The van der Waals surface area contributed by atoms with Crippen LogP contribution in [0, 0.1) is 11.3 Å². The highest BCUT2D eigenvalue weighted by Crippen LogP contribution is 2.46. The molecule has 0 N–H and O–H groups in total. The lowest BCUT2D eigenvalue weighted by atomic mass is 9.81. The summed E-state index contributed by atoms with van der Waals surface area (Å²) in [6.07, 6.45) is -14.9. The van der Waals surface area contributed by atoms with Gasteiger partial charge in [0, 0.05) is 5.56 Å². The molecule has 2 atom stereocenters. The number of nitrogens with zero attached hydrogens (tertiary/aromatic N) is 2. The molecule has 3 rings (SSSR count). The number of benzene rings is 2. The molecule has 0 fully saturated rings. The maximum atomic E-state index is 13.5. The average Bonchev–Trinajstić information content (AvgIpc) is 2.82. The Labute approximate surface area is 210 Å². The first kappa shape index (κ1) is 28.9. The Morgan fingerprint density at radius 1 is 0.921 bits per heavy atom. The Kier molecular flexibility index (Phi) is 7.77. The van der Waals surface area contributed by atoms with E-state index < -0.39 is 58.8 Å². The van der Waals surface area contributed by atoms with Crippen LogP contribution in [-0.4, -0.2) is 18.7 Å². The summed E-state index contributed by atoms with van der Waals surface area (Å²) in [5, 5.41) is 9.91. The minimum absolute atomic E-state index is 0.0798. The molecule has 0 spiro atoms. The fourth-order valence-corrected chi connectivity index (χ4v) is 4.15. The van der Waals surface area contributed by atoms with Crippen molar-refractivity contribution in [3.05, 3.63) is 70.3 Å². The predicted octanol–water partition coefficient (Wildman–Crippen LogP) is 8.19. The van der Waals surface area contributed by atoms with Gasteiger partial charge in [-0.15, -0.1) is 0 Å². The van der Waals surface area contributed by atoms with Gasteiger partial charge in [0.2, 0.25) is 0 Å². The molecule has 1 aliphatic rings. The van der Waals surface area contributed by atoms with Gasteiger partial charge in [-0.3, -0.25) is 4.90 Å². The van der Waals surface area contributed by atoms with Crippen molar-refractivity contribution < 1.29 is 49.0 Å². The molecule has 0 saturated heterocycles. The molecule has 0 aliphatic carbocycles. The van der Waals surface area contributed by atoms with Gasteiger partial charge in [-0.2, -0.15) is 44.8 Å². The van der Waals surface area contributed by atoms with Crippen molar-refractivity contribution in [3.63, 3.8) is 0 Å². The number of hydrogen-bond acceptors (Lipinski definition) is 3. The molecule has 1 unspecified atom stereocenters. The number of carbonyl (C=O) groups is 1. The van der Waals surface area contributed by atoms with E-state index in [2.05, 4.69) is 0 Å². The SMILES string of the molecule is CCOC(=O)N1c2ccc(C(F)(F)F)cc2C(C(C#N)c2cc(C(F)(F)F)cc(C(F)(F)F)c2)=C[C@H]1CC. The summed E-state index contributed by atoms with van der Waals surface area (Å²) in [6, 6.07) is 3.55. The van der Waals surface area contributed by atoms with Crippen LogP contribution in [0.1, 0.15) is 54.0 Å². The van der Waals surface area contributed by atoms with E-state index in [0.717, 1.165) is 11.0 Å². The first-order valence-corrected chi connectivity index (χ1v) is 11.1. The molecule has 38 heavy (non-hydrogen) atoms. The molecule has 0 aromatic heterocycles. The normalized spacial score (nSPS) is 16.8. The monoisotopic (exact) mass is 550 g/mol. The van der Waals surface area contributed by atoms with Gasteiger partial charge in [0.25, 0.3) is 0 Å². The van der Waals surface area contributed by atoms with E-state index in [-0.39, 0.29) is 35.9 Å². The van der Waals surface area contributed by atoms with Gasteiger partial charge in [0.05, 0.1) is 47.0 Å². The molecule has 1 aliphatic heterocycles. The largest absolute Gasteiger partial charge is 0.449 e. The van der Waals surface area contributed by atoms with Crippen molar-refractivity contribution in [2.75, 3.05) is 11.5 Å². The van der Waals surface area contributed by atoms with E-state index in [1.54, 1.807) is 13.0 Å². The van der Waals surface area contributed by atoms with Crippen LogP contribution in [-0.2, 0) is 23.3 Å². The van der Waals surface area contributed by atoms with Crippen molar-refractivity contribution in [2.45, 2.75) is 50.8 Å². The Morgan fingerprint density at radius 3 is 1.92 bits per heavy atom. The highest BCUT2D eigenvalue weighted by molar-refractivity contribution is 5.97. The Hall–Kier alpha value is -3.69. The second-order valence-electron chi connectivity index (χ2n) is 8.30. The molecule has 2 aromatic carbocycles. The van der Waals surface area contributed by atoms with Crippen molar-refractivity contribution in [3.8, 4) is 6.07 Å². The minimum Gasteiger partial charge on any atom is -0.449 e. The lowest BCUT2D eigenvalue weighted by molar-refractivity contribution is -0.143. The molecule has 0 radical (unpaired) electrons. The number of halogens is 9. The van der Waals surface area contributed by atoms with E-state index in [0.29, 0.717) is 24.3 Å². The maximum Gasteiger partial charge on any atom is 0.416 e. The molecular formula is C25H19F9N2O2. The molecule has 0 saturated carbocycles. The van der Waals surface area contributed by atoms with E-state index in [4.69, 9.17) is 4.74 Å². The molecule has 1 amide bonds. The maximum absolute atomic E-state index is 13.5. The number of carbonyl (C=O) groups excluding carboxylic acids is 1. The summed E-state index contributed by atoms with van der Waals surface area (Å²) in [6.45, 7) is 3.01. The van der Waals surface area contributed by atoms with Crippen LogP contribution in [0.2, 0.25) is 0 Å². The average molecular weight is 550 g/mol. The topological polar surface area (TPSA) is 53.3 Å². The van der Waals surface area contributed by atoms with Crippen molar-refractivity contribution in [1.29, 1.82) is 5.26 Å². The first-order chi connectivity index (χ1) is 17.5. The fourth-order valence-electron chi connectivity index (χ4n) is 4.15. The molecule has 0 bridgehead atoms. The molecule has 204 valence electrons. The van der Waals surface area contributed by atoms with Crippen molar-refractivity contribution in [1.82, 2.24) is 0 Å². The zero-order valence-electron chi connectivity index (χ0n) is 19.7. The van der Waals surface area contributed by atoms with E-state index in [1.165, 1.54) is 13.0 Å². The summed E-state index contributed by atoms with van der Waals surface area (Å²) in [5.74, 6) is -1.83. The fraction of sp³-hybridized carbons (Fsp3) is 0.360. The molecule has 1 heterocycles. The number of fused-ring (bicyclic) bond motifs is 1. The third-order valence-electron chi connectivity index (χ3n) is 5.86. The molecular weight excluding hydrogens is 531 g/mol. The highest BCUT2D eigenvalue weighted by Gasteiger charge is 2.40. The first-order valence-electron chi connectivity index (χ1n) is 11.1. The van der Waals surface area contributed by atoms with Crippen LogP contribution >= 0.6 is 0 Å². The standard InChI is InChI=1S/C25H19F9N2O2/c1-3-17-11-18(19-10-14(23(26,27)28)5-6-21(19)36(17)22(37)38-4-2)20(12-35)13-7-15(24(29,30)31)9-16(8-13)25(32,33)34/h5-11,17,20H,3-4H2,1-2H3/t17-,20?/m1/s1. The Balaban J connectivity index is 2.32. The lowest BCUT2D eigenvalue weighted by Crippen LogP contribution is -2.42. The number of amides is 1. The third kappa shape index (κ3) is 5.74. The summed E-state index contributed by atoms with van der Waals surface area (Å²) in [5.41, 5.74) is -6.03. The van der Waals surface area contributed by atoms with Crippen LogP contribution in [0.5, 0.6) is 0 Å². The number of anilines is 1. The van der Waals surface area contributed by atoms with E-state index in [1.807, 2.05) is 0 Å². The summed E-state index contributed by atoms with van der Waals surface area (Å²) < 4.78 is 126. The van der Waals surface area contributed by atoms with Crippen LogP contribution in [0.4, 0.5) is 50.0 Å². The summed E-state index contributed by atoms with van der Waals surface area (Å²) in [4.78, 5) is 13.7. The second-order valence-corrected chi connectivity index (χ2v) is 8.30. The molecule has 4 nitrogen and oxygen atoms in total. The van der Waals surface area contributed by atoms with Gasteiger partial charge in [0.15, 0.2) is 0 Å². The van der Waals surface area contributed by atoms with Gasteiger partial charge in [-0.25, -0.2) is 4.79 Å². The van der Waals surface area contributed by atoms with Crippen LogP contribution in [0.3, 0.4) is 0 Å². The van der Waals surface area contributed by atoms with E-state index in [9.17, 15) is 49.6 Å². The number of nitriles is 1. The Bertz CT molecular complexity index is 1260. The second kappa shape index (κ2) is 10.2. The van der Waals surface area contributed by atoms with Crippen LogP contribution < -0.4 is 4.90 Å². The summed E-state index contributed by atoms with van der Waals surface area (Å²) >= 11 is 0. The van der Waals surface area contributed by atoms with Gasteiger partial charge < -0.3 is 4.74 Å². The predicted molar refractivity (Wildman–Crippen MR) is 118 cm³/mol. The molecule has 2 aromatic rings. The molecule has 13 heteroatoms. The van der Waals surface area contributed by atoms with Gasteiger partial charge >= 0.3 is 24.6 Å². The van der Waals surface area contributed by atoms with Gasteiger partial charge in [-0.1, -0.05) is 13.0 Å². The quantitative estimate of drug-likeness (QED) is 0.361. The number of allylic oxidation sites excluding steroid dienone is 1. The number of alkyl halides is 9.